The Bertz CT molecular complexity index is 621. The van der Waals surface area contributed by atoms with Crippen molar-refractivity contribution in [1.29, 1.82) is 0 Å². The Labute approximate surface area is 127 Å². The van der Waals surface area contributed by atoms with Crippen molar-refractivity contribution in [3.8, 4) is 11.5 Å². The predicted molar refractivity (Wildman–Crippen MR) is 86.9 cm³/mol. The maximum absolute atomic E-state index is 6.20. The molecule has 0 atom stereocenters. The molecule has 0 spiro atoms. The lowest BCUT2D eigenvalue weighted by molar-refractivity contribution is 0.461. The van der Waals surface area contributed by atoms with E-state index in [0.717, 1.165) is 29.2 Å². The van der Waals surface area contributed by atoms with E-state index in [4.69, 9.17) is 4.74 Å². The second kappa shape index (κ2) is 6.72. The second-order valence-electron chi connectivity index (χ2n) is 5.77. The Morgan fingerprint density at radius 3 is 2.52 bits per heavy atom. The minimum atomic E-state index is 0.431. The fourth-order valence-electron chi connectivity index (χ4n) is 2.15. The van der Waals surface area contributed by atoms with Crippen molar-refractivity contribution in [2.45, 2.75) is 47.2 Å². The fraction of sp³-hybridized carbons (Fsp3) is 0.389. The average Bonchev–Trinajstić information content (AvgIpc) is 2.46. The molecule has 1 aromatic heterocycles. The number of ether oxygens (including phenoxy) is 1. The Morgan fingerprint density at radius 1 is 1.10 bits per heavy atom. The fourth-order valence-corrected chi connectivity index (χ4v) is 2.15. The quantitative estimate of drug-likeness (QED) is 0.889. The molecule has 0 saturated heterocycles. The van der Waals surface area contributed by atoms with E-state index in [1.54, 1.807) is 6.20 Å². The van der Waals surface area contributed by atoms with Crippen LogP contribution in [0.25, 0.3) is 0 Å². The van der Waals surface area contributed by atoms with Gasteiger partial charge in [0.25, 0.3) is 0 Å². The normalized spacial score (nSPS) is 11.0. The van der Waals surface area contributed by atoms with E-state index in [1.165, 1.54) is 11.1 Å². The first-order valence-electron chi connectivity index (χ1n) is 7.40. The van der Waals surface area contributed by atoms with Crippen molar-refractivity contribution in [3.63, 3.8) is 0 Å². The molecule has 0 saturated carbocycles. The monoisotopic (exact) mass is 284 g/mol. The maximum Gasteiger partial charge on any atom is 0.135 e. The molecule has 0 fully saturated rings. The number of aryl methyl sites for hydroxylation is 2. The highest BCUT2D eigenvalue weighted by molar-refractivity contribution is 5.47. The molecule has 0 aliphatic rings. The predicted octanol–water partition coefficient (Wildman–Crippen LogP) is 4.30. The lowest BCUT2D eigenvalue weighted by Gasteiger charge is -2.17. The van der Waals surface area contributed by atoms with Gasteiger partial charge in [-0.05, 0) is 43.5 Å². The molecular formula is C18H24N2O. The van der Waals surface area contributed by atoms with Crippen LogP contribution in [0.5, 0.6) is 11.5 Å². The van der Waals surface area contributed by atoms with Crippen molar-refractivity contribution in [2.24, 2.45) is 0 Å². The third-order valence-corrected chi connectivity index (χ3v) is 3.65. The summed E-state index contributed by atoms with van der Waals surface area (Å²) in [7, 11) is 0. The van der Waals surface area contributed by atoms with E-state index < -0.39 is 0 Å². The second-order valence-corrected chi connectivity index (χ2v) is 5.77. The number of rotatable bonds is 5. The SMILES string of the molecule is Cc1ccc(C)c(Oc2ccncc2CNC(C)C)c1C. The zero-order chi connectivity index (χ0) is 15.4. The van der Waals surface area contributed by atoms with Gasteiger partial charge < -0.3 is 10.1 Å². The lowest BCUT2D eigenvalue weighted by Crippen LogP contribution is -2.22. The maximum atomic E-state index is 6.20. The van der Waals surface area contributed by atoms with Crippen LogP contribution in [-0.2, 0) is 6.54 Å². The van der Waals surface area contributed by atoms with Gasteiger partial charge in [-0.3, -0.25) is 4.98 Å². The van der Waals surface area contributed by atoms with Crippen molar-refractivity contribution in [3.05, 3.63) is 52.8 Å². The highest BCUT2D eigenvalue weighted by atomic mass is 16.5. The smallest absolute Gasteiger partial charge is 0.135 e. The van der Waals surface area contributed by atoms with Gasteiger partial charge in [0.05, 0.1) is 0 Å². The molecule has 3 heteroatoms. The van der Waals surface area contributed by atoms with Gasteiger partial charge in [-0.15, -0.1) is 0 Å². The number of benzene rings is 1. The summed E-state index contributed by atoms with van der Waals surface area (Å²) in [6.45, 7) is 11.3. The molecule has 0 radical (unpaired) electrons. The molecule has 0 aliphatic carbocycles. The van der Waals surface area contributed by atoms with Gasteiger partial charge in [-0.2, -0.15) is 0 Å². The van der Waals surface area contributed by atoms with E-state index >= 15 is 0 Å². The summed E-state index contributed by atoms with van der Waals surface area (Å²) < 4.78 is 6.20. The Morgan fingerprint density at radius 2 is 1.81 bits per heavy atom. The first-order valence-corrected chi connectivity index (χ1v) is 7.40. The minimum Gasteiger partial charge on any atom is -0.456 e. The van der Waals surface area contributed by atoms with Crippen LogP contribution in [-0.4, -0.2) is 11.0 Å². The molecular weight excluding hydrogens is 260 g/mol. The summed E-state index contributed by atoms with van der Waals surface area (Å²) in [5.74, 6) is 1.82. The third-order valence-electron chi connectivity index (χ3n) is 3.65. The summed E-state index contributed by atoms with van der Waals surface area (Å²) in [5, 5.41) is 3.41. The summed E-state index contributed by atoms with van der Waals surface area (Å²) >= 11 is 0. The van der Waals surface area contributed by atoms with Crippen molar-refractivity contribution >= 4 is 0 Å². The number of hydrogen-bond acceptors (Lipinski definition) is 3. The molecule has 21 heavy (non-hydrogen) atoms. The van der Waals surface area contributed by atoms with Crippen LogP contribution in [0.15, 0.2) is 30.6 Å². The largest absolute Gasteiger partial charge is 0.456 e. The summed E-state index contributed by atoms with van der Waals surface area (Å²) in [4.78, 5) is 4.21. The highest BCUT2D eigenvalue weighted by Crippen LogP contribution is 2.32. The van der Waals surface area contributed by atoms with Gasteiger partial charge in [0.2, 0.25) is 0 Å². The average molecular weight is 284 g/mol. The number of aromatic nitrogens is 1. The molecule has 1 heterocycles. The number of pyridine rings is 1. The zero-order valence-corrected chi connectivity index (χ0v) is 13.5. The third kappa shape index (κ3) is 3.82. The van der Waals surface area contributed by atoms with E-state index in [1.807, 2.05) is 12.3 Å². The molecule has 3 nitrogen and oxygen atoms in total. The van der Waals surface area contributed by atoms with E-state index in [9.17, 15) is 0 Å². The number of hydrogen-bond donors (Lipinski definition) is 1. The van der Waals surface area contributed by atoms with Crippen LogP contribution in [0.4, 0.5) is 0 Å². The van der Waals surface area contributed by atoms with Crippen LogP contribution in [0.2, 0.25) is 0 Å². The van der Waals surface area contributed by atoms with Gasteiger partial charge in [0.15, 0.2) is 0 Å². The molecule has 2 aromatic rings. The standard InChI is InChI=1S/C18H24N2O/c1-12(2)20-11-16-10-19-9-8-17(16)21-18-14(4)7-6-13(3)15(18)5/h6-10,12,20H,11H2,1-5H3. The first kappa shape index (κ1) is 15.5. The molecule has 1 aromatic carbocycles. The van der Waals surface area contributed by atoms with Crippen LogP contribution >= 0.6 is 0 Å². The number of nitrogens with one attached hydrogen (secondary N) is 1. The zero-order valence-electron chi connectivity index (χ0n) is 13.5. The summed E-state index contributed by atoms with van der Waals surface area (Å²) in [5.41, 5.74) is 4.66. The van der Waals surface area contributed by atoms with Gasteiger partial charge in [0, 0.05) is 30.5 Å². The van der Waals surface area contributed by atoms with Gasteiger partial charge in [-0.25, -0.2) is 0 Å². The molecule has 0 bridgehead atoms. The van der Waals surface area contributed by atoms with Crippen LogP contribution in [0, 0.1) is 20.8 Å². The number of nitrogens with zero attached hydrogens (tertiary/aromatic N) is 1. The highest BCUT2D eigenvalue weighted by Gasteiger charge is 2.11. The summed E-state index contributed by atoms with van der Waals surface area (Å²) in [6, 6.07) is 6.59. The first-order chi connectivity index (χ1) is 9.99. The van der Waals surface area contributed by atoms with Gasteiger partial charge in [-0.1, -0.05) is 26.0 Å². The van der Waals surface area contributed by atoms with Crippen LogP contribution in [0.1, 0.15) is 36.1 Å². The molecule has 112 valence electrons. The van der Waals surface area contributed by atoms with E-state index in [-0.39, 0.29) is 0 Å². The molecule has 0 unspecified atom stereocenters. The van der Waals surface area contributed by atoms with Crippen molar-refractivity contribution < 1.29 is 4.74 Å². The van der Waals surface area contributed by atoms with Gasteiger partial charge >= 0.3 is 0 Å². The lowest BCUT2D eigenvalue weighted by atomic mass is 10.1. The Kier molecular flexibility index (Phi) is 4.97. The Hall–Kier alpha value is -1.87. The van der Waals surface area contributed by atoms with Crippen LogP contribution in [0.3, 0.4) is 0 Å². The minimum absolute atomic E-state index is 0.431. The summed E-state index contributed by atoms with van der Waals surface area (Å²) in [6.07, 6.45) is 3.64. The van der Waals surface area contributed by atoms with Gasteiger partial charge in [0.1, 0.15) is 11.5 Å². The topological polar surface area (TPSA) is 34.1 Å². The van der Waals surface area contributed by atoms with Crippen molar-refractivity contribution in [1.82, 2.24) is 10.3 Å². The molecule has 2 rings (SSSR count). The Balaban J connectivity index is 2.30. The molecule has 0 aliphatic heterocycles. The van der Waals surface area contributed by atoms with E-state index in [2.05, 4.69) is 57.1 Å². The molecule has 0 amide bonds. The molecule has 1 N–H and O–H groups in total. The van der Waals surface area contributed by atoms with Crippen LogP contribution < -0.4 is 10.1 Å². The van der Waals surface area contributed by atoms with Crippen molar-refractivity contribution in [2.75, 3.05) is 0 Å². The van der Waals surface area contributed by atoms with E-state index in [0.29, 0.717) is 6.04 Å².